The topological polar surface area (TPSA) is 33.1 Å². The van der Waals surface area contributed by atoms with Gasteiger partial charge in [-0.25, -0.2) is 4.98 Å². The monoisotopic (exact) mass is 268 g/mol. The molecule has 0 saturated heterocycles. The van der Waals surface area contributed by atoms with Crippen molar-refractivity contribution in [2.24, 2.45) is 0 Å². The Balaban J connectivity index is 1.65. The summed E-state index contributed by atoms with van der Waals surface area (Å²) in [5.74, 6) is 0. The molecule has 1 atom stereocenters. The van der Waals surface area contributed by atoms with E-state index in [2.05, 4.69) is 51.0 Å². The first-order valence-corrected chi connectivity index (χ1v) is 7.43. The lowest BCUT2D eigenvalue weighted by Gasteiger charge is -2.37. The van der Waals surface area contributed by atoms with Gasteiger partial charge in [-0.2, -0.15) is 0 Å². The molecule has 1 aromatic carbocycles. The van der Waals surface area contributed by atoms with E-state index in [1.165, 1.54) is 29.9 Å². The zero-order valence-corrected chi connectivity index (χ0v) is 11.8. The highest BCUT2D eigenvalue weighted by atomic mass is 15.2. The van der Waals surface area contributed by atoms with Gasteiger partial charge in [0.15, 0.2) is 0 Å². The molecule has 1 fully saturated rings. The molecule has 0 amide bonds. The van der Waals surface area contributed by atoms with E-state index >= 15 is 0 Å². The number of para-hydroxylation sites is 2. The molecular formula is C16H20N4. The molecule has 2 aromatic rings. The lowest BCUT2D eigenvalue weighted by Crippen LogP contribution is -2.41. The number of rotatable bonds is 3. The van der Waals surface area contributed by atoms with Crippen LogP contribution in [0.2, 0.25) is 0 Å². The molecule has 4 nitrogen and oxygen atoms in total. The van der Waals surface area contributed by atoms with Crippen LogP contribution in [0.25, 0.3) is 0 Å². The molecular weight excluding hydrogens is 248 g/mol. The predicted molar refractivity (Wildman–Crippen MR) is 81.1 cm³/mol. The Hall–Kier alpha value is -1.97. The summed E-state index contributed by atoms with van der Waals surface area (Å²) in [5.41, 5.74) is 3.87. The molecule has 4 rings (SSSR count). The van der Waals surface area contributed by atoms with E-state index in [0.29, 0.717) is 12.1 Å². The summed E-state index contributed by atoms with van der Waals surface area (Å²) in [6, 6.07) is 9.76. The second-order valence-corrected chi connectivity index (χ2v) is 5.90. The van der Waals surface area contributed by atoms with Gasteiger partial charge in [-0.15, -0.1) is 0 Å². The summed E-state index contributed by atoms with van der Waals surface area (Å²) in [4.78, 5) is 6.84. The van der Waals surface area contributed by atoms with Crippen LogP contribution < -0.4 is 10.2 Å². The number of hydrogen-bond donors (Lipinski definition) is 1. The Morgan fingerprint density at radius 1 is 1.30 bits per heavy atom. The van der Waals surface area contributed by atoms with Crippen LogP contribution in [0.1, 0.15) is 31.5 Å². The van der Waals surface area contributed by atoms with Gasteiger partial charge in [-0.05, 0) is 31.9 Å². The summed E-state index contributed by atoms with van der Waals surface area (Å²) >= 11 is 0. The predicted octanol–water partition coefficient (Wildman–Crippen LogP) is 3.04. The zero-order chi connectivity index (χ0) is 13.5. The smallest absolute Gasteiger partial charge is 0.0951 e. The average molecular weight is 268 g/mol. The number of fused-ring (bicyclic) bond motifs is 1. The molecule has 0 radical (unpaired) electrons. The first-order chi connectivity index (χ1) is 9.83. The minimum absolute atomic E-state index is 0.493. The first-order valence-electron chi connectivity index (χ1n) is 7.43. The van der Waals surface area contributed by atoms with Crippen LogP contribution in [-0.4, -0.2) is 22.1 Å². The molecule has 0 bridgehead atoms. The molecule has 20 heavy (non-hydrogen) atoms. The third-order valence-electron chi connectivity index (χ3n) is 4.35. The standard InChI is InChI=1S/C16H20N4/c1-12-8-18-15-4-2-3-5-16(15)19(12)10-14-9-17-11-20(14)13-6-7-13/h2-5,9,11-13,18H,6-8,10H2,1H3. The minimum atomic E-state index is 0.493. The average Bonchev–Trinajstić information content (AvgIpc) is 3.22. The number of anilines is 2. The van der Waals surface area contributed by atoms with Crippen molar-refractivity contribution in [3.05, 3.63) is 42.5 Å². The fourth-order valence-electron chi connectivity index (χ4n) is 3.03. The highest BCUT2D eigenvalue weighted by Gasteiger charge is 2.28. The van der Waals surface area contributed by atoms with Crippen LogP contribution >= 0.6 is 0 Å². The lowest BCUT2D eigenvalue weighted by molar-refractivity contribution is 0.606. The Labute approximate surface area is 119 Å². The zero-order valence-electron chi connectivity index (χ0n) is 11.8. The highest BCUT2D eigenvalue weighted by Crippen LogP contribution is 2.37. The van der Waals surface area contributed by atoms with Crippen LogP contribution in [0.3, 0.4) is 0 Å². The maximum Gasteiger partial charge on any atom is 0.0951 e. The van der Waals surface area contributed by atoms with Crippen LogP contribution in [0.5, 0.6) is 0 Å². The second-order valence-electron chi connectivity index (χ2n) is 5.90. The molecule has 2 heterocycles. The molecule has 1 saturated carbocycles. The summed E-state index contributed by atoms with van der Waals surface area (Å²) in [6.07, 6.45) is 6.62. The fraction of sp³-hybridized carbons (Fsp3) is 0.438. The van der Waals surface area contributed by atoms with Crippen molar-refractivity contribution in [1.29, 1.82) is 0 Å². The highest BCUT2D eigenvalue weighted by molar-refractivity contribution is 5.72. The van der Waals surface area contributed by atoms with E-state index in [1.807, 2.05) is 12.5 Å². The number of nitrogens with one attached hydrogen (secondary N) is 1. The van der Waals surface area contributed by atoms with Crippen molar-refractivity contribution in [1.82, 2.24) is 9.55 Å². The van der Waals surface area contributed by atoms with Gasteiger partial charge >= 0.3 is 0 Å². The largest absolute Gasteiger partial charge is 0.381 e. The van der Waals surface area contributed by atoms with E-state index in [4.69, 9.17) is 0 Å². The molecule has 2 aliphatic rings. The van der Waals surface area contributed by atoms with Gasteiger partial charge in [0.25, 0.3) is 0 Å². The minimum Gasteiger partial charge on any atom is -0.381 e. The van der Waals surface area contributed by atoms with E-state index in [1.54, 1.807) is 0 Å². The van der Waals surface area contributed by atoms with Gasteiger partial charge in [0, 0.05) is 24.8 Å². The van der Waals surface area contributed by atoms with Crippen molar-refractivity contribution in [2.45, 2.75) is 38.4 Å². The quantitative estimate of drug-likeness (QED) is 0.929. The van der Waals surface area contributed by atoms with Crippen LogP contribution in [0.4, 0.5) is 11.4 Å². The Kier molecular flexibility index (Phi) is 2.69. The fourth-order valence-corrected chi connectivity index (χ4v) is 3.03. The molecule has 1 N–H and O–H groups in total. The van der Waals surface area contributed by atoms with Crippen LogP contribution in [0, 0.1) is 0 Å². The Bertz CT molecular complexity index is 614. The Morgan fingerprint density at radius 2 is 2.15 bits per heavy atom. The SMILES string of the molecule is CC1CNc2ccccc2N1Cc1cncn1C1CC1. The summed E-state index contributed by atoms with van der Waals surface area (Å²) in [7, 11) is 0. The van der Waals surface area contributed by atoms with Crippen molar-refractivity contribution < 1.29 is 0 Å². The third-order valence-corrected chi connectivity index (χ3v) is 4.35. The summed E-state index contributed by atoms with van der Waals surface area (Å²) < 4.78 is 2.36. The summed E-state index contributed by atoms with van der Waals surface area (Å²) in [6.45, 7) is 4.21. The second kappa shape index (κ2) is 4.54. The number of aromatic nitrogens is 2. The molecule has 1 aliphatic heterocycles. The van der Waals surface area contributed by atoms with E-state index in [-0.39, 0.29) is 0 Å². The van der Waals surface area contributed by atoms with Crippen LogP contribution in [0.15, 0.2) is 36.8 Å². The van der Waals surface area contributed by atoms with Gasteiger partial charge < -0.3 is 14.8 Å². The van der Waals surface area contributed by atoms with Gasteiger partial charge in [0.1, 0.15) is 0 Å². The van der Waals surface area contributed by atoms with Crippen molar-refractivity contribution in [3.63, 3.8) is 0 Å². The van der Waals surface area contributed by atoms with E-state index in [0.717, 1.165) is 13.1 Å². The van der Waals surface area contributed by atoms with Crippen molar-refractivity contribution in [3.8, 4) is 0 Å². The van der Waals surface area contributed by atoms with Gasteiger partial charge in [-0.3, -0.25) is 0 Å². The first kappa shape index (κ1) is 11.8. The molecule has 1 aliphatic carbocycles. The molecule has 1 aromatic heterocycles. The maximum atomic E-state index is 4.35. The van der Waals surface area contributed by atoms with Crippen molar-refractivity contribution >= 4 is 11.4 Å². The van der Waals surface area contributed by atoms with E-state index < -0.39 is 0 Å². The van der Waals surface area contributed by atoms with E-state index in [9.17, 15) is 0 Å². The lowest BCUT2D eigenvalue weighted by atomic mass is 10.1. The molecule has 1 unspecified atom stereocenters. The van der Waals surface area contributed by atoms with Crippen molar-refractivity contribution in [2.75, 3.05) is 16.8 Å². The van der Waals surface area contributed by atoms with Gasteiger partial charge in [0.2, 0.25) is 0 Å². The molecule has 4 heteroatoms. The number of nitrogens with zero attached hydrogens (tertiary/aromatic N) is 3. The number of benzene rings is 1. The maximum absolute atomic E-state index is 4.35. The number of imidazole rings is 1. The third kappa shape index (κ3) is 1.96. The normalized spacial score (nSPS) is 21.4. The van der Waals surface area contributed by atoms with Gasteiger partial charge in [-0.1, -0.05) is 12.1 Å². The summed E-state index contributed by atoms with van der Waals surface area (Å²) in [5, 5.41) is 3.51. The Morgan fingerprint density at radius 3 is 3.00 bits per heavy atom. The molecule has 0 spiro atoms. The molecule has 104 valence electrons. The number of hydrogen-bond acceptors (Lipinski definition) is 3. The van der Waals surface area contributed by atoms with Crippen LogP contribution in [-0.2, 0) is 6.54 Å². The van der Waals surface area contributed by atoms with Gasteiger partial charge in [0.05, 0.1) is 29.9 Å².